The van der Waals surface area contributed by atoms with Crippen LogP contribution in [0.3, 0.4) is 0 Å². The second-order valence-electron chi connectivity index (χ2n) is 3.84. The molecule has 1 aromatic rings. The van der Waals surface area contributed by atoms with Crippen molar-refractivity contribution in [2.45, 2.75) is 6.18 Å². The van der Waals surface area contributed by atoms with Crippen molar-refractivity contribution in [3.8, 4) is 12.3 Å². The maximum absolute atomic E-state index is 12.6. The lowest BCUT2D eigenvalue weighted by atomic mass is 10.2. The van der Waals surface area contributed by atoms with Crippen LogP contribution in [0.4, 0.5) is 18.9 Å². The first-order valence-corrected chi connectivity index (χ1v) is 6.45. The lowest BCUT2D eigenvalue weighted by Gasteiger charge is -2.16. The average Bonchev–Trinajstić information content (AvgIpc) is 2.84. The second-order valence-corrected chi connectivity index (χ2v) is 4.83. The molecule has 19 heavy (non-hydrogen) atoms. The van der Waals surface area contributed by atoms with Crippen LogP contribution >= 0.6 is 11.8 Å². The number of hydrogen-bond donors (Lipinski definition) is 1. The van der Waals surface area contributed by atoms with E-state index in [-0.39, 0.29) is 0 Å². The summed E-state index contributed by atoms with van der Waals surface area (Å²) >= 11 is 1.50. The van der Waals surface area contributed by atoms with E-state index in [9.17, 15) is 13.2 Å². The molecule has 1 aromatic carbocycles. The predicted molar refractivity (Wildman–Crippen MR) is 71.3 cm³/mol. The molecule has 1 heterocycles. The molecule has 0 atom stereocenters. The van der Waals surface area contributed by atoms with E-state index in [1.807, 2.05) is 0 Å². The zero-order valence-corrected chi connectivity index (χ0v) is 10.7. The molecule has 0 unspecified atom stereocenters. The second kappa shape index (κ2) is 5.49. The van der Waals surface area contributed by atoms with Gasteiger partial charge in [0.2, 0.25) is 0 Å². The van der Waals surface area contributed by atoms with Crippen LogP contribution in [0.1, 0.15) is 5.56 Å². The predicted octanol–water partition coefficient (Wildman–Crippen LogP) is 3.24. The molecule has 0 saturated carbocycles. The number of alkyl halides is 3. The van der Waals surface area contributed by atoms with Crippen molar-refractivity contribution in [1.82, 2.24) is 5.32 Å². The topological polar surface area (TPSA) is 15.3 Å². The fraction of sp³-hybridized carbons (Fsp3) is 0.231. The SMILES string of the molecule is C#CCNC1=CN(c2cccc(C(F)(F)F)c2)CS1. The first-order chi connectivity index (χ1) is 9.00. The molecule has 0 amide bonds. The summed E-state index contributed by atoms with van der Waals surface area (Å²) in [4.78, 5) is 1.75. The lowest BCUT2D eigenvalue weighted by molar-refractivity contribution is -0.137. The third kappa shape index (κ3) is 3.38. The molecule has 0 aromatic heterocycles. The molecular formula is C13H11F3N2S. The normalized spacial score (nSPS) is 15.1. The number of anilines is 1. The number of benzene rings is 1. The highest BCUT2D eigenvalue weighted by Crippen LogP contribution is 2.34. The van der Waals surface area contributed by atoms with Gasteiger partial charge in [-0.05, 0) is 18.2 Å². The van der Waals surface area contributed by atoms with Gasteiger partial charge >= 0.3 is 6.18 Å². The summed E-state index contributed by atoms with van der Waals surface area (Å²) < 4.78 is 37.9. The number of nitrogens with zero attached hydrogens (tertiary/aromatic N) is 1. The van der Waals surface area contributed by atoms with Crippen LogP contribution in [0.5, 0.6) is 0 Å². The lowest BCUT2D eigenvalue weighted by Crippen LogP contribution is -2.13. The van der Waals surface area contributed by atoms with E-state index in [1.54, 1.807) is 17.2 Å². The average molecular weight is 284 g/mol. The maximum atomic E-state index is 12.6. The Balaban J connectivity index is 2.16. The van der Waals surface area contributed by atoms with Gasteiger partial charge in [-0.1, -0.05) is 23.7 Å². The monoisotopic (exact) mass is 284 g/mol. The zero-order valence-electron chi connectivity index (χ0n) is 9.87. The van der Waals surface area contributed by atoms with E-state index in [0.29, 0.717) is 18.1 Å². The minimum atomic E-state index is -4.32. The third-order valence-corrected chi connectivity index (χ3v) is 3.47. The van der Waals surface area contributed by atoms with Crippen LogP contribution in [0, 0.1) is 12.3 Å². The van der Waals surface area contributed by atoms with Gasteiger partial charge in [0.15, 0.2) is 0 Å². The van der Waals surface area contributed by atoms with Crippen LogP contribution < -0.4 is 10.2 Å². The summed E-state index contributed by atoms with van der Waals surface area (Å²) in [6.45, 7) is 0.398. The fourth-order valence-corrected chi connectivity index (χ4v) is 2.48. The van der Waals surface area contributed by atoms with E-state index in [2.05, 4.69) is 11.2 Å². The van der Waals surface area contributed by atoms with E-state index in [4.69, 9.17) is 6.42 Å². The Kier molecular flexibility index (Phi) is 3.96. The van der Waals surface area contributed by atoms with Gasteiger partial charge in [0.05, 0.1) is 23.0 Å². The summed E-state index contributed by atoms with van der Waals surface area (Å²) in [6.07, 6.45) is 2.57. The van der Waals surface area contributed by atoms with Crippen LogP contribution in [0.2, 0.25) is 0 Å². The highest BCUT2D eigenvalue weighted by atomic mass is 32.2. The Bertz CT molecular complexity index is 531. The van der Waals surface area contributed by atoms with Crippen LogP contribution in [0.15, 0.2) is 35.5 Å². The number of nitrogens with one attached hydrogen (secondary N) is 1. The molecule has 6 heteroatoms. The molecule has 0 bridgehead atoms. The Morgan fingerprint density at radius 2 is 2.21 bits per heavy atom. The van der Waals surface area contributed by atoms with Gasteiger partial charge in [-0.3, -0.25) is 0 Å². The van der Waals surface area contributed by atoms with E-state index in [1.165, 1.54) is 17.8 Å². The van der Waals surface area contributed by atoms with Gasteiger partial charge < -0.3 is 10.2 Å². The molecule has 2 nitrogen and oxygen atoms in total. The number of halogens is 3. The fourth-order valence-electron chi connectivity index (χ4n) is 1.60. The number of rotatable bonds is 3. The van der Waals surface area contributed by atoms with Crippen molar-refractivity contribution in [3.05, 3.63) is 41.1 Å². The van der Waals surface area contributed by atoms with Crippen LogP contribution in [-0.4, -0.2) is 12.4 Å². The van der Waals surface area contributed by atoms with Gasteiger partial charge in [0.1, 0.15) is 0 Å². The van der Waals surface area contributed by atoms with Crippen molar-refractivity contribution in [2.24, 2.45) is 0 Å². The first kappa shape index (κ1) is 13.7. The van der Waals surface area contributed by atoms with Gasteiger partial charge in [-0.15, -0.1) is 6.42 Å². The highest BCUT2D eigenvalue weighted by molar-refractivity contribution is 8.03. The number of terminal acetylenes is 1. The Morgan fingerprint density at radius 3 is 2.89 bits per heavy atom. The van der Waals surface area contributed by atoms with Gasteiger partial charge in [-0.2, -0.15) is 13.2 Å². The van der Waals surface area contributed by atoms with Crippen molar-refractivity contribution in [3.63, 3.8) is 0 Å². The molecule has 1 aliphatic rings. The smallest absolute Gasteiger partial charge is 0.368 e. The number of thioether (sulfide) groups is 1. The largest absolute Gasteiger partial charge is 0.416 e. The first-order valence-electron chi connectivity index (χ1n) is 5.46. The number of hydrogen-bond acceptors (Lipinski definition) is 3. The standard InChI is InChI=1S/C13H11F3N2S/c1-2-6-17-12-8-18(9-19-12)11-5-3-4-10(7-11)13(14,15)16/h1,3-5,7-8,17H,6,9H2. The molecule has 100 valence electrons. The van der Waals surface area contributed by atoms with Crippen LogP contribution in [0.25, 0.3) is 0 Å². The molecule has 1 aliphatic heterocycles. The minimum absolute atomic E-state index is 0.398. The molecule has 0 radical (unpaired) electrons. The summed E-state index contributed by atoms with van der Waals surface area (Å²) in [5, 5.41) is 3.86. The molecule has 2 rings (SSSR count). The molecule has 0 fully saturated rings. The third-order valence-electron chi connectivity index (χ3n) is 2.50. The van der Waals surface area contributed by atoms with Gasteiger partial charge in [-0.25, -0.2) is 0 Å². The van der Waals surface area contributed by atoms with Crippen molar-refractivity contribution in [1.29, 1.82) is 0 Å². The molecule has 0 spiro atoms. The Labute approximate surface area is 113 Å². The van der Waals surface area contributed by atoms with Crippen LogP contribution in [-0.2, 0) is 6.18 Å². The van der Waals surface area contributed by atoms with Crippen molar-refractivity contribution >= 4 is 17.4 Å². The van der Waals surface area contributed by atoms with Crippen molar-refractivity contribution in [2.75, 3.05) is 17.3 Å². The summed E-state index contributed by atoms with van der Waals surface area (Å²) in [5.74, 6) is 3.01. The summed E-state index contributed by atoms with van der Waals surface area (Å²) in [7, 11) is 0. The molecular weight excluding hydrogens is 273 g/mol. The zero-order chi connectivity index (χ0) is 13.9. The quantitative estimate of drug-likeness (QED) is 0.858. The summed E-state index contributed by atoms with van der Waals surface area (Å²) in [6, 6.07) is 5.26. The van der Waals surface area contributed by atoms with Gasteiger partial charge in [0.25, 0.3) is 0 Å². The molecule has 0 aliphatic carbocycles. The van der Waals surface area contributed by atoms with E-state index >= 15 is 0 Å². The van der Waals surface area contributed by atoms with E-state index < -0.39 is 11.7 Å². The summed E-state index contributed by atoms with van der Waals surface area (Å²) in [5.41, 5.74) is -0.131. The minimum Gasteiger partial charge on any atom is -0.368 e. The Hall–Kier alpha value is -1.74. The Morgan fingerprint density at radius 1 is 1.42 bits per heavy atom. The van der Waals surface area contributed by atoms with Gasteiger partial charge in [0, 0.05) is 11.9 Å². The highest BCUT2D eigenvalue weighted by Gasteiger charge is 2.31. The van der Waals surface area contributed by atoms with E-state index in [0.717, 1.165) is 17.2 Å². The molecule has 1 N–H and O–H groups in total. The van der Waals surface area contributed by atoms with Crippen molar-refractivity contribution < 1.29 is 13.2 Å². The molecule has 0 saturated heterocycles. The maximum Gasteiger partial charge on any atom is 0.416 e.